The molecule has 0 bridgehead atoms. The van der Waals surface area contributed by atoms with Crippen molar-refractivity contribution in [2.24, 2.45) is 10.9 Å². The number of sulfonamides is 1. The molecule has 0 saturated carbocycles. The van der Waals surface area contributed by atoms with Crippen molar-refractivity contribution in [1.29, 1.82) is 0 Å². The van der Waals surface area contributed by atoms with Gasteiger partial charge in [-0.15, -0.1) is 11.3 Å². The first kappa shape index (κ1) is 24.3. The van der Waals surface area contributed by atoms with E-state index in [-0.39, 0.29) is 6.04 Å². The number of nitrogens with one attached hydrogen (secondary N) is 1. The Labute approximate surface area is 211 Å². The summed E-state index contributed by atoms with van der Waals surface area (Å²) in [6.45, 7) is 3.30. The number of rotatable bonds is 7. The number of hydrogen-bond acceptors (Lipinski definition) is 6. The Morgan fingerprint density at radius 1 is 0.971 bits per heavy atom. The van der Waals surface area contributed by atoms with E-state index in [4.69, 9.17) is 9.73 Å². The lowest BCUT2D eigenvalue weighted by Crippen LogP contribution is -2.53. The molecule has 3 heterocycles. The second-order valence-corrected chi connectivity index (χ2v) is 12.3. The monoisotopic (exact) mass is 509 g/mol. The summed E-state index contributed by atoms with van der Waals surface area (Å²) in [5, 5.41) is 4.20. The van der Waals surface area contributed by atoms with Crippen LogP contribution in [0.1, 0.15) is 30.4 Å². The molecule has 1 aromatic heterocycles. The van der Waals surface area contributed by atoms with Crippen LogP contribution in [0.2, 0.25) is 0 Å². The average molecular weight is 510 g/mol. The zero-order valence-electron chi connectivity index (χ0n) is 19.7. The highest BCUT2D eigenvalue weighted by molar-refractivity contribution is 7.91. The molecule has 5 rings (SSSR count). The molecule has 3 aromatic rings. The predicted octanol–water partition coefficient (Wildman–Crippen LogP) is 4.70. The number of ether oxygens (including phenoxy) is 1. The summed E-state index contributed by atoms with van der Waals surface area (Å²) in [6.07, 6.45) is 3.11. The van der Waals surface area contributed by atoms with Gasteiger partial charge in [0, 0.05) is 50.0 Å². The summed E-state index contributed by atoms with van der Waals surface area (Å²) in [5.74, 6) is 0.598. The maximum atomic E-state index is 13.5. The molecule has 8 heteroatoms. The molecule has 0 unspecified atom stereocenters. The standard InChI is InChI=1S/C27H31N3O3S2/c31-35(32,30-16-15-28-24(20-30)19-21-13-17-33-18-14-21)26-12-11-25(34-26)29-27(22-7-3-1-4-8-22)23-9-5-2-6-10-23/h1-12,21,24,28H,13-20H2/t24-/m0/s1. The highest BCUT2D eigenvalue weighted by atomic mass is 32.2. The van der Waals surface area contributed by atoms with Gasteiger partial charge in [0.15, 0.2) is 0 Å². The van der Waals surface area contributed by atoms with Crippen LogP contribution in [0.4, 0.5) is 5.00 Å². The fourth-order valence-electron chi connectivity index (χ4n) is 4.79. The molecule has 0 radical (unpaired) electrons. The molecule has 0 amide bonds. The minimum absolute atomic E-state index is 0.182. The van der Waals surface area contributed by atoms with Crippen LogP contribution in [0.25, 0.3) is 0 Å². The Morgan fingerprint density at radius 3 is 2.29 bits per heavy atom. The molecule has 2 aliphatic heterocycles. The molecule has 184 valence electrons. The Bertz CT molecular complexity index is 1200. The van der Waals surface area contributed by atoms with E-state index in [1.54, 1.807) is 10.4 Å². The summed E-state index contributed by atoms with van der Waals surface area (Å²) >= 11 is 1.23. The van der Waals surface area contributed by atoms with Gasteiger partial charge < -0.3 is 10.1 Å². The molecule has 1 atom stereocenters. The van der Waals surface area contributed by atoms with Crippen LogP contribution in [-0.2, 0) is 14.8 Å². The second kappa shape index (κ2) is 11.1. The normalized spacial score (nSPS) is 19.9. The van der Waals surface area contributed by atoms with Gasteiger partial charge in [0.1, 0.15) is 9.21 Å². The van der Waals surface area contributed by atoms with Crippen molar-refractivity contribution in [2.75, 3.05) is 32.8 Å². The molecule has 2 fully saturated rings. The van der Waals surface area contributed by atoms with Crippen LogP contribution in [0.15, 0.2) is 82.0 Å². The smallest absolute Gasteiger partial charge is 0.252 e. The minimum Gasteiger partial charge on any atom is -0.381 e. The third-order valence-corrected chi connectivity index (χ3v) is 9.97. The van der Waals surface area contributed by atoms with E-state index in [9.17, 15) is 8.42 Å². The fourth-order valence-corrected chi connectivity index (χ4v) is 7.60. The molecule has 0 aliphatic carbocycles. The number of thiophene rings is 1. The molecule has 2 saturated heterocycles. The number of piperazine rings is 1. The fraction of sp³-hybridized carbons (Fsp3) is 0.370. The summed E-state index contributed by atoms with van der Waals surface area (Å²) < 4.78 is 34.5. The lowest BCUT2D eigenvalue weighted by atomic mass is 9.92. The SMILES string of the molecule is O=S(=O)(c1ccc(N=C(c2ccccc2)c2ccccc2)s1)N1CCN[C@@H](CC2CCOCC2)C1. The zero-order chi connectivity index (χ0) is 24.1. The molecular formula is C27H31N3O3S2. The molecule has 1 N–H and O–H groups in total. The van der Waals surface area contributed by atoms with Crippen LogP contribution in [0.3, 0.4) is 0 Å². The number of hydrogen-bond donors (Lipinski definition) is 1. The Hall–Kier alpha value is -2.36. The van der Waals surface area contributed by atoms with Gasteiger partial charge in [-0.3, -0.25) is 0 Å². The van der Waals surface area contributed by atoms with E-state index in [1.807, 2.05) is 66.7 Å². The predicted molar refractivity (Wildman–Crippen MR) is 141 cm³/mol. The van der Waals surface area contributed by atoms with Gasteiger partial charge in [0.05, 0.1) is 5.71 Å². The quantitative estimate of drug-likeness (QED) is 0.469. The number of benzene rings is 2. The van der Waals surface area contributed by atoms with Crippen molar-refractivity contribution in [3.63, 3.8) is 0 Å². The van der Waals surface area contributed by atoms with Crippen molar-refractivity contribution in [3.05, 3.63) is 83.9 Å². The van der Waals surface area contributed by atoms with Gasteiger partial charge in [0.25, 0.3) is 10.0 Å². The molecule has 35 heavy (non-hydrogen) atoms. The van der Waals surface area contributed by atoms with Crippen LogP contribution in [0, 0.1) is 5.92 Å². The second-order valence-electron chi connectivity index (χ2n) is 9.09. The van der Waals surface area contributed by atoms with E-state index in [0.717, 1.165) is 49.3 Å². The average Bonchev–Trinajstić information content (AvgIpc) is 3.39. The van der Waals surface area contributed by atoms with Crippen LogP contribution < -0.4 is 5.32 Å². The minimum atomic E-state index is -3.56. The van der Waals surface area contributed by atoms with Crippen molar-refractivity contribution in [1.82, 2.24) is 9.62 Å². The van der Waals surface area contributed by atoms with Gasteiger partial charge in [-0.2, -0.15) is 4.31 Å². The van der Waals surface area contributed by atoms with Crippen molar-refractivity contribution in [2.45, 2.75) is 29.5 Å². The first-order valence-corrected chi connectivity index (χ1v) is 14.5. The molecule has 0 spiro atoms. The van der Waals surface area contributed by atoms with E-state index >= 15 is 0 Å². The number of aliphatic imine (C=N–C) groups is 1. The lowest BCUT2D eigenvalue weighted by Gasteiger charge is -2.35. The first-order chi connectivity index (χ1) is 17.1. The Morgan fingerprint density at radius 2 is 1.63 bits per heavy atom. The Kier molecular flexibility index (Phi) is 7.75. The lowest BCUT2D eigenvalue weighted by molar-refractivity contribution is 0.0586. The van der Waals surface area contributed by atoms with Gasteiger partial charge in [0.2, 0.25) is 0 Å². The highest BCUT2D eigenvalue weighted by Gasteiger charge is 2.32. The molecular weight excluding hydrogens is 478 g/mol. The van der Waals surface area contributed by atoms with Crippen LogP contribution in [-0.4, -0.2) is 57.3 Å². The van der Waals surface area contributed by atoms with E-state index in [2.05, 4.69) is 5.32 Å². The molecule has 2 aliphatic rings. The maximum Gasteiger partial charge on any atom is 0.252 e. The summed E-state index contributed by atoms with van der Waals surface area (Å²) in [6, 6.07) is 23.7. The maximum absolute atomic E-state index is 13.5. The Balaban J connectivity index is 1.36. The van der Waals surface area contributed by atoms with E-state index in [0.29, 0.717) is 34.8 Å². The van der Waals surface area contributed by atoms with Crippen molar-refractivity contribution in [3.8, 4) is 0 Å². The van der Waals surface area contributed by atoms with Crippen molar-refractivity contribution < 1.29 is 13.2 Å². The highest BCUT2D eigenvalue weighted by Crippen LogP contribution is 2.33. The van der Waals surface area contributed by atoms with E-state index in [1.165, 1.54) is 11.3 Å². The summed E-state index contributed by atoms with van der Waals surface area (Å²) in [4.78, 5) is 4.90. The van der Waals surface area contributed by atoms with Gasteiger partial charge >= 0.3 is 0 Å². The largest absolute Gasteiger partial charge is 0.381 e. The van der Waals surface area contributed by atoms with Gasteiger partial charge in [-0.1, -0.05) is 60.7 Å². The van der Waals surface area contributed by atoms with Crippen LogP contribution >= 0.6 is 11.3 Å². The summed E-state index contributed by atoms with van der Waals surface area (Å²) in [7, 11) is -3.56. The summed E-state index contributed by atoms with van der Waals surface area (Å²) in [5.41, 5.74) is 2.82. The number of nitrogens with zero attached hydrogens (tertiary/aromatic N) is 2. The molecule has 2 aromatic carbocycles. The first-order valence-electron chi connectivity index (χ1n) is 12.2. The third-order valence-electron chi connectivity index (χ3n) is 6.65. The third kappa shape index (κ3) is 5.90. The van der Waals surface area contributed by atoms with Crippen LogP contribution in [0.5, 0.6) is 0 Å². The van der Waals surface area contributed by atoms with Gasteiger partial charge in [-0.05, 0) is 37.3 Å². The van der Waals surface area contributed by atoms with Gasteiger partial charge in [-0.25, -0.2) is 13.4 Å². The molecule has 6 nitrogen and oxygen atoms in total. The van der Waals surface area contributed by atoms with E-state index < -0.39 is 10.0 Å². The topological polar surface area (TPSA) is 71.0 Å². The van der Waals surface area contributed by atoms with Crippen molar-refractivity contribution >= 4 is 32.1 Å². The zero-order valence-corrected chi connectivity index (χ0v) is 21.3.